The number of rotatable bonds is 5. The van der Waals surface area contributed by atoms with Crippen LogP contribution in [0.25, 0.3) is 0 Å². The van der Waals surface area contributed by atoms with E-state index in [4.69, 9.17) is 0 Å². The highest BCUT2D eigenvalue weighted by Crippen LogP contribution is 2.37. The SMILES string of the molecule is O=S1(=O)c2ccccc2C(O)CC1CCCN1CCN(c2ccccc2F)CC1. The molecule has 2 aromatic rings. The zero-order valence-corrected chi connectivity index (χ0v) is 17.2. The van der Waals surface area contributed by atoms with E-state index in [1.54, 1.807) is 30.3 Å². The smallest absolute Gasteiger partial charge is 0.181 e. The van der Waals surface area contributed by atoms with Gasteiger partial charge in [0, 0.05) is 26.2 Å². The van der Waals surface area contributed by atoms with Crippen LogP contribution in [-0.2, 0) is 9.84 Å². The summed E-state index contributed by atoms with van der Waals surface area (Å²) in [4.78, 5) is 4.64. The Morgan fingerprint density at radius 3 is 2.45 bits per heavy atom. The van der Waals surface area contributed by atoms with Crippen molar-refractivity contribution in [2.45, 2.75) is 35.5 Å². The Bertz CT molecular complexity index is 958. The summed E-state index contributed by atoms with van der Waals surface area (Å²) in [7, 11) is -3.40. The van der Waals surface area contributed by atoms with E-state index in [1.165, 1.54) is 6.07 Å². The van der Waals surface area contributed by atoms with E-state index < -0.39 is 21.2 Å². The van der Waals surface area contributed by atoms with E-state index >= 15 is 0 Å². The molecule has 0 radical (unpaired) electrons. The number of piperazine rings is 1. The normalized spacial score (nSPS) is 24.3. The molecule has 1 saturated heterocycles. The van der Waals surface area contributed by atoms with Crippen molar-refractivity contribution in [3.8, 4) is 0 Å². The molecule has 0 aromatic heterocycles. The van der Waals surface area contributed by atoms with Crippen molar-refractivity contribution in [1.29, 1.82) is 0 Å². The van der Waals surface area contributed by atoms with Crippen LogP contribution in [0.1, 0.15) is 30.9 Å². The molecule has 2 aromatic carbocycles. The molecule has 1 fully saturated rings. The van der Waals surface area contributed by atoms with E-state index in [9.17, 15) is 17.9 Å². The van der Waals surface area contributed by atoms with Crippen LogP contribution in [0.15, 0.2) is 53.4 Å². The number of hydrogen-bond donors (Lipinski definition) is 1. The molecule has 2 unspecified atom stereocenters. The number of anilines is 1. The minimum absolute atomic E-state index is 0.192. The highest BCUT2D eigenvalue weighted by molar-refractivity contribution is 7.92. The number of nitrogens with zero attached hydrogens (tertiary/aromatic N) is 2. The van der Waals surface area contributed by atoms with Gasteiger partial charge < -0.3 is 10.0 Å². The fraction of sp³-hybridized carbons (Fsp3) is 0.455. The molecule has 7 heteroatoms. The van der Waals surface area contributed by atoms with Gasteiger partial charge in [-0.25, -0.2) is 12.8 Å². The second kappa shape index (κ2) is 8.42. The number of aliphatic hydroxyl groups excluding tert-OH is 1. The summed E-state index contributed by atoms with van der Waals surface area (Å²) >= 11 is 0. The second-order valence-corrected chi connectivity index (χ2v) is 10.1. The van der Waals surface area contributed by atoms with Crippen molar-refractivity contribution in [2.24, 2.45) is 0 Å². The van der Waals surface area contributed by atoms with Crippen LogP contribution in [0.5, 0.6) is 0 Å². The Labute approximate surface area is 171 Å². The van der Waals surface area contributed by atoms with Crippen molar-refractivity contribution in [1.82, 2.24) is 4.90 Å². The molecule has 2 aliphatic heterocycles. The summed E-state index contributed by atoms with van der Waals surface area (Å²) in [5.74, 6) is -0.192. The number of aliphatic hydroxyl groups is 1. The fourth-order valence-corrected chi connectivity index (χ4v) is 6.51. The van der Waals surface area contributed by atoms with Crippen molar-refractivity contribution >= 4 is 15.5 Å². The molecule has 0 aliphatic carbocycles. The summed E-state index contributed by atoms with van der Waals surface area (Å²) in [5, 5.41) is 9.83. The van der Waals surface area contributed by atoms with Gasteiger partial charge in [-0.2, -0.15) is 0 Å². The number of fused-ring (bicyclic) bond motifs is 1. The zero-order valence-electron chi connectivity index (χ0n) is 16.4. The molecular weight excluding hydrogens is 391 g/mol. The molecule has 29 heavy (non-hydrogen) atoms. The second-order valence-electron chi connectivity index (χ2n) is 7.88. The topological polar surface area (TPSA) is 60.9 Å². The zero-order chi connectivity index (χ0) is 20.4. The van der Waals surface area contributed by atoms with Gasteiger partial charge in [-0.1, -0.05) is 30.3 Å². The van der Waals surface area contributed by atoms with Crippen LogP contribution < -0.4 is 4.90 Å². The van der Waals surface area contributed by atoms with Crippen molar-refractivity contribution in [3.05, 3.63) is 59.9 Å². The first-order valence-electron chi connectivity index (χ1n) is 10.2. The average molecular weight is 419 g/mol. The number of benzene rings is 2. The maximum Gasteiger partial charge on any atom is 0.181 e. The Hall–Kier alpha value is -1.96. The monoisotopic (exact) mass is 418 g/mol. The first-order valence-corrected chi connectivity index (χ1v) is 11.7. The molecular formula is C22H27FN2O3S. The minimum atomic E-state index is -3.40. The lowest BCUT2D eigenvalue weighted by Gasteiger charge is -2.36. The van der Waals surface area contributed by atoms with Gasteiger partial charge >= 0.3 is 0 Å². The minimum Gasteiger partial charge on any atom is -0.388 e. The third kappa shape index (κ3) is 4.17. The summed E-state index contributed by atoms with van der Waals surface area (Å²) in [6.07, 6.45) is 0.851. The van der Waals surface area contributed by atoms with E-state index in [-0.39, 0.29) is 17.1 Å². The highest BCUT2D eigenvalue weighted by Gasteiger charge is 2.37. The van der Waals surface area contributed by atoms with Gasteiger partial charge in [0.05, 0.1) is 21.9 Å². The van der Waals surface area contributed by atoms with Crippen LogP contribution in [0.4, 0.5) is 10.1 Å². The van der Waals surface area contributed by atoms with Gasteiger partial charge in [-0.15, -0.1) is 0 Å². The fourth-order valence-electron chi connectivity index (χ4n) is 4.43. The average Bonchev–Trinajstić information content (AvgIpc) is 2.73. The van der Waals surface area contributed by atoms with Gasteiger partial charge in [0.1, 0.15) is 5.82 Å². The third-order valence-electron chi connectivity index (χ3n) is 6.08. The van der Waals surface area contributed by atoms with E-state index in [0.29, 0.717) is 17.7 Å². The Morgan fingerprint density at radius 2 is 1.69 bits per heavy atom. The predicted octanol–water partition coefficient (Wildman–Crippen LogP) is 3.01. The summed E-state index contributed by atoms with van der Waals surface area (Å²) in [5.41, 5.74) is 1.17. The standard InChI is InChI=1S/C22H27FN2O3S/c23-19-8-2-3-9-20(19)25-14-12-24(13-15-25)11-5-6-17-16-21(26)18-7-1-4-10-22(18)29(17,27)28/h1-4,7-10,17,21,26H,5-6,11-16H2. The van der Waals surface area contributed by atoms with Crippen molar-refractivity contribution < 1.29 is 17.9 Å². The van der Waals surface area contributed by atoms with Crippen LogP contribution in [-0.4, -0.2) is 56.4 Å². The molecule has 0 saturated carbocycles. The molecule has 0 bridgehead atoms. The first-order chi connectivity index (χ1) is 14.0. The maximum absolute atomic E-state index is 14.0. The predicted molar refractivity (Wildman–Crippen MR) is 111 cm³/mol. The van der Waals surface area contributed by atoms with E-state index in [2.05, 4.69) is 9.80 Å². The van der Waals surface area contributed by atoms with Gasteiger partial charge in [0.25, 0.3) is 0 Å². The van der Waals surface area contributed by atoms with Crippen molar-refractivity contribution in [2.75, 3.05) is 37.6 Å². The maximum atomic E-state index is 14.0. The number of para-hydroxylation sites is 1. The van der Waals surface area contributed by atoms with E-state index in [1.807, 2.05) is 12.1 Å². The van der Waals surface area contributed by atoms with E-state index in [0.717, 1.165) is 39.1 Å². The molecule has 4 rings (SSSR count). The van der Waals surface area contributed by atoms with Crippen LogP contribution in [0.3, 0.4) is 0 Å². The summed E-state index contributed by atoms with van der Waals surface area (Å²) in [6.45, 7) is 3.99. The largest absolute Gasteiger partial charge is 0.388 e. The first kappa shape index (κ1) is 20.3. The third-order valence-corrected chi connectivity index (χ3v) is 8.37. The molecule has 2 heterocycles. The lowest BCUT2D eigenvalue weighted by atomic mass is 10.0. The number of hydrogen-bond acceptors (Lipinski definition) is 5. The number of sulfone groups is 1. The van der Waals surface area contributed by atoms with Crippen LogP contribution >= 0.6 is 0 Å². The Morgan fingerprint density at radius 1 is 1.00 bits per heavy atom. The highest BCUT2D eigenvalue weighted by atomic mass is 32.2. The van der Waals surface area contributed by atoms with Crippen LogP contribution in [0.2, 0.25) is 0 Å². The van der Waals surface area contributed by atoms with Gasteiger partial charge in [-0.05, 0) is 49.6 Å². The Kier molecular flexibility index (Phi) is 5.90. The van der Waals surface area contributed by atoms with Gasteiger partial charge in [-0.3, -0.25) is 4.90 Å². The quantitative estimate of drug-likeness (QED) is 0.809. The number of halogens is 1. The summed E-state index contributed by atoms with van der Waals surface area (Å²) < 4.78 is 39.8. The summed E-state index contributed by atoms with van der Waals surface area (Å²) in [6, 6.07) is 13.6. The van der Waals surface area contributed by atoms with Gasteiger partial charge in [0.2, 0.25) is 0 Å². The Balaban J connectivity index is 1.30. The molecule has 2 aliphatic rings. The lowest BCUT2D eigenvalue weighted by Crippen LogP contribution is -2.47. The van der Waals surface area contributed by atoms with Crippen LogP contribution in [0, 0.1) is 5.82 Å². The molecule has 0 amide bonds. The lowest BCUT2D eigenvalue weighted by molar-refractivity contribution is 0.156. The molecule has 156 valence electrons. The molecule has 2 atom stereocenters. The van der Waals surface area contributed by atoms with Gasteiger partial charge in [0.15, 0.2) is 9.84 Å². The molecule has 1 N–H and O–H groups in total. The molecule has 0 spiro atoms. The molecule has 5 nitrogen and oxygen atoms in total. The van der Waals surface area contributed by atoms with Crippen molar-refractivity contribution in [3.63, 3.8) is 0 Å².